The van der Waals surface area contributed by atoms with Gasteiger partial charge in [0.1, 0.15) is 5.75 Å². The van der Waals surface area contributed by atoms with Gasteiger partial charge in [0.15, 0.2) is 5.96 Å². The van der Waals surface area contributed by atoms with Gasteiger partial charge in [0.2, 0.25) is 0 Å². The second-order valence-electron chi connectivity index (χ2n) is 6.25. The van der Waals surface area contributed by atoms with Crippen molar-refractivity contribution in [3.63, 3.8) is 0 Å². The summed E-state index contributed by atoms with van der Waals surface area (Å²) in [5.74, 6) is 1.73. The highest BCUT2D eigenvalue weighted by atomic mass is 127. The van der Waals surface area contributed by atoms with Crippen molar-refractivity contribution in [1.29, 1.82) is 0 Å². The highest BCUT2D eigenvalue weighted by Gasteiger charge is 2.01. The molecule has 1 aromatic heterocycles. The van der Waals surface area contributed by atoms with Crippen LogP contribution in [0.3, 0.4) is 0 Å². The van der Waals surface area contributed by atoms with Gasteiger partial charge in [0.25, 0.3) is 0 Å². The lowest BCUT2D eigenvalue weighted by Crippen LogP contribution is -2.39. The van der Waals surface area contributed by atoms with E-state index in [1.165, 1.54) is 15.6 Å². The van der Waals surface area contributed by atoms with Gasteiger partial charge in [0, 0.05) is 37.6 Å². The number of thiazole rings is 1. The highest BCUT2D eigenvalue weighted by molar-refractivity contribution is 14.0. The Hall–Kier alpha value is -1.87. The second-order valence-corrected chi connectivity index (χ2v) is 7.57. The summed E-state index contributed by atoms with van der Waals surface area (Å²) in [6.45, 7) is 4.37. The number of guanidine groups is 1. The molecule has 0 aliphatic carbocycles. The minimum Gasteiger partial charge on any atom is -0.494 e. The third-order valence-corrected chi connectivity index (χ3v) is 5.10. The Kier molecular flexibility index (Phi) is 9.49. The summed E-state index contributed by atoms with van der Waals surface area (Å²) in [7, 11) is 1.79. The SMILES string of the molecule is CN=C(NCCCOc1ccc2ccccc2c1)NCCc1ncc(C)s1.I. The molecule has 0 spiro atoms. The Morgan fingerprint density at radius 3 is 2.64 bits per heavy atom. The summed E-state index contributed by atoms with van der Waals surface area (Å²) >= 11 is 1.74. The topological polar surface area (TPSA) is 58.5 Å². The van der Waals surface area contributed by atoms with Gasteiger partial charge in [-0.05, 0) is 36.2 Å². The summed E-state index contributed by atoms with van der Waals surface area (Å²) < 4.78 is 5.86. The zero-order chi connectivity index (χ0) is 18.9. The van der Waals surface area contributed by atoms with Crippen molar-refractivity contribution >= 4 is 52.0 Å². The van der Waals surface area contributed by atoms with Gasteiger partial charge in [-0.3, -0.25) is 4.99 Å². The molecule has 0 unspecified atom stereocenters. The first-order chi connectivity index (χ1) is 13.2. The van der Waals surface area contributed by atoms with Crippen LogP contribution in [0, 0.1) is 6.92 Å². The fourth-order valence-corrected chi connectivity index (χ4v) is 3.54. The van der Waals surface area contributed by atoms with Crippen LogP contribution >= 0.6 is 35.3 Å². The van der Waals surface area contributed by atoms with E-state index in [9.17, 15) is 0 Å². The van der Waals surface area contributed by atoms with E-state index in [4.69, 9.17) is 4.74 Å². The molecular weight excluding hydrogens is 483 g/mol. The number of hydrogen-bond acceptors (Lipinski definition) is 4. The maximum absolute atomic E-state index is 5.86. The van der Waals surface area contributed by atoms with Crippen molar-refractivity contribution in [2.45, 2.75) is 19.8 Å². The van der Waals surface area contributed by atoms with Crippen molar-refractivity contribution in [3.05, 3.63) is 58.5 Å². The van der Waals surface area contributed by atoms with Gasteiger partial charge in [-0.25, -0.2) is 4.98 Å². The van der Waals surface area contributed by atoms with Gasteiger partial charge < -0.3 is 15.4 Å². The van der Waals surface area contributed by atoms with Crippen LogP contribution < -0.4 is 15.4 Å². The molecule has 0 atom stereocenters. The van der Waals surface area contributed by atoms with Gasteiger partial charge >= 0.3 is 0 Å². The van der Waals surface area contributed by atoms with E-state index in [0.29, 0.717) is 6.61 Å². The summed E-state index contributed by atoms with van der Waals surface area (Å²) in [6.07, 6.45) is 3.73. The third kappa shape index (κ3) is 6.94. The predicted molar refractivity (Wildman–Crippen MR) is 129 cm³/mol. The van der Waals surface area contributed by atoms with Crippen LogP contribution in [0.25, 0.3) is 10.8 Å². The fraction of sp³-hybridized carbons (Fsp3) is 0.333. The first-order valence-electron chi connectivity index (χ1n) is 9.22. The third-order valence-electron chi connectivity index (χ3n) is 4.13. The maximum Gasteiger partial charge on any atom is 0.190 e. The molecule has 1 heterocycles. The van der Waals surface area contributed by atoms with Gasteiger partial charge in [-0.2, -0.15) is 0 Å². The van der Waals surface area contributed by atoms with E-state index in [1.54, 1.807) is 18.4 Å². The zero-order valence-corrected chi connectivity index (χ0v) is 19.4. The molecule has 0 aliphatic rings. The Balaban J connectivity index is 0.00000280. The Morgan fingerprint density at radius 2 is 1.89 bits per heavy atom. The van der Waals surface area contributed by atoms with Crippen LogP contribution in [0.4, 0.5) is 0 Å². The number of nitrogens with zero attached hydrogens (tertiary/aromatic N) is 2. The van der Waals surface area contributed by atoms with E-state index in [0.717, 1.165) is 42.6 Å². The number of aliphatic imine (C=N–C) groups is 1. The number of benzene rings is 2. The number of hydrogen-bond donors (Lipinski definition) is 2. The molecule has 0 amide bonds. The molecule has 5 nitrogen and oxygen atoms in total. The van der Waals surface area contributed by atoms with Crippen molar-refractivity contribution in [2.24, 2.45) is 4.99 Å². The van der Waals surface area contributed by atoms with Crippen molar-refractivity contribution < 1.29 is 4.74 Å². The van der Waals surface area contributed by atoms with Crippen molar-refractivity contribution in [3.8, 4) is 5.75 Å². The smallest absolute Gasteiger partial charge is 0.190 e. The standard InChI is InChI=1S/C21H26N4OS.HI/c1-16-15-25-20(27-16)10-12-24-21(22-2)23-11-5-13-26-19-9-8-17-6-3-4-7-18(17)14-19;/h3-4,6-9,14-15H,5,10-13H2,1-2H3,(H2,22,23,24);1H. The molecule has 7 heteroatoms. The van der Waals surface area contributed by atoms with Crippen LogP contribution in [0.15, 0.2) is 53.7 Å². The number of ether oxygens (including phenoxy) is 1. The average molecular weight is 510 g/mol. The van der Waals surface area contributed by atoms with E-state index in [-0.39, 0.29) is 24.0 Å². The van der Waals surface area contributed by atoms with Gasteiger partial charge in [-0.1, -0.05) is 30.3 Å². The predicted octanol–water partition coefficient (Wildman–Crippen LogP) is 4.40. The first-order valence-corrected chi connectivity index (χ1v) is 10.0. The van der Waals surface area contributed by atoms with E-state index < -0.39 is 0 Å². The number of rotatable bonds is 8. The number of fused-ring (bicyclic) bond motifs is 1. The van der Waals surface area contributed by atoms with Crippen molar-refractivity contribution in [1.82, 2.24) is 15.6 Å². The molecule has 0 fully saturated rings. The first kappa shape index (κ1) is 22.4. The molecule has 3 rings (SSSR count). The van der Waals surface area contributed by atoms with Gasteiger partial charge in [0.05, 0.1) is 11.6 Å². The van der Waals surface area contributed by atoms with E-state index in [2.05, 4.69) is 51.8 Å². The molecule has 2 aromatic carbocycles. The molecule has 2 N–H and O–H groups in total. The maximum atomic E-state index is 5.86. The van der Waals surface area contributed by atoms with E-state index in [1.807, 2.05) is 24.4 Å². The normalized spacial score (nSPS) is 11.1. The molecule has 0 radical (unpaired) electrons. The molecule has 0 saturated carbocycles. The largest absolute Gasteiger partial charge is 0.494 e. The average Bonchev–Trinajstić information content (AvgIpc) is 3.11. The summed E-state index contributed by atoms with van der Waals surface area (Å²) in [4.78, 5) is 9.87. The monoisotopic (exact) mass is 510 g/mol. The molecular formula is C21H27IN4OS. The lowest BCUT2D eigenvalue weighted by atomic mass is 10.1. The van der Waals surface area contributed by atoms with Crippen LogP contribution in [-0.2, 0) is 6.42 Å². The summed E-state index contributed by atoms with van der Waals surface area (Å²) in [5.41, 5.74) is 0. The molecule has 3 aromatic rings. The van der Waals surface area contributed by atoms with Crippen LogP contribution in [0.2, 0.25) is 0 Å². The van der Waals surface area contributed by atoms with E-state index >= 15 is 0 Å². The molecule has 0 aliphatic heterocycles. The van der Waals surface area contributed by atoms with Crippen LogP contribution in [0.5, 0.6) is 5.75 Å². The number of halogens is 1. The lowest BCUT2D eigenvalue weighted by Gasteiger charge is -2.12. The van der Waals surface area contributed by atoms with Crippen LogP contribution in [0.1, 0.15) is 16.3 Å². The number of aryl methyl sites for hydroxylation is 1. The zero-order valence-electron chi connectivity index (χ0n) is 16.3. The quantitative estimate of drug-likeness (QED) is 0.204. The minimum absolute atomic E-state index is 0. The minimum atomic E-state index is 0. The Bertz CT molecular complexity index is 897. The van der Waals surface area contributed by atoms with Crippen molar-refractivity contribution in [2.75, 3.05) is 26.7 Å². The number of aromatic nitrogens is 1. The molecule has 0 bridgehead atoms. The highest BCUT2D eigenvalue weighted by Crippen LogP contribution is 2.20. The molecule has 0 saturated heterocycles. The number of nitrogens with one attached hydrogen (secondary N) is 2. The molecule has 28 heavy (non-hydrogen) atoms. The second kappa shape index (κ2) is 11.9. The van der Waals surface area contributed by atoms with Gasteiger partial charge in [-0.15, -0.1) is 35.3 Å². The molecule has 150 valence electrons. The Morgan fingerprint density at radius 1 is 1.11 bits per heavy atom. The fourth-order valence-electron chi connectivity index (χ4n) is 2.75. The van der Waals surface area contributed by atoms with Crippen LogP contribution in [-0.4, -0.2) is 37.7 Å². The summed E-state index contributed by atoms with van der Waals surface area (Å²) in [5, 5.41) is 10.2. The summed E-state index contributed by atoms with van der Waals surface area (Å²) in [6, 6.07) is 14.5. The Labute approximate surface area is 187 Å². The lowest BCUT2D eigenvalue weighted by molar-refractivity contribution is 0.311.